The highest BCUT2D eigenvalue weighted by Gasteiger charge is 2.36. The Kier molecular flexibility index (Phi) is 6.27. The molecule has 2 aromatic carbocycles. The molecule has 5 rings (SSSR count). The van der Waals surface area contributed by atoms with Gasteiger partial charge in [0.2, 0.25) is 0 Å². The Morgan fingerprint density at radius 1 is 1.19 bits per heavy atom. The lowest BCUT2D eigenvalue weighted by molar-refractivity contribution is -0.136. The quantitative estimate of drug-likeness (QED) is 0.295. The molecule has 1 unspecified atom stereocenters. The van der Waals surface area contributed by atoms with E-state index in [0.717, 1.165) is 27.5 Å². The van der Waals surface area contributed by atoms with Gasteiger partial charge in [-0.3, -0.25) is 14.2 Å². The van der Waals surface area contributed by atoms with Crippen LogP contribution < -0.4 is 19.8 Å². The summed E-state index contributed by atoms with van der Waals surface area (Å²) in [5.41, 5.74) is 2.93. The van der Waals surface area contributed by atoms with Crippen molar-refractivity contribution < 1.29 is 14.3 Å². The van der Waals surface area contributed by atoms with Gasteiger partial charge in [-0.25, -0.2) is 9.79 Å². The maximum Gasteiger partial charge on any atom is 0.338 e. The van der Waals surface area contributed by atoms with Gasteiger partial charge in [-0.2, -0.15) is 0 Å². The number of thioether (sulfide) groups is 1. The highest BCUT2D eigenvalue weighted by molar-refractivity contribution is 7.98. The zero-order valence-corrected chi connectivity index (χ0v) is 21.6. The number of aromatic nitrogens is 1. The Balaban J connectivity index is 1.81. The number of hydrogen-bond donors (Lipinski definition) is 0. The smallest absolute Gasteiger partial charge is 0.338 e. The molecule has 3 heterocycles. The van der Waals surface area contributed by atoms with Crippen LogP contribution in [0.5, 0.6) is 0 Å². The number of ether oxygens (including phenoxy) is 1. The molecular weight excluding hydrogens is 494 g/mol. The highest BCUT2D eigenvalue weighted by Crippen LogP contribution is 2.35. The molecule has 9 heteroatoms. The Morgan fingerprint density at radius 2 is 1.92 bits per heavy atom. The standard InChI is InChI=1S/C27H23N3O4S2/c1-5-14-29-19-9-7-6-8-18(19)21(24(29)31)23-25(32)30-22(16-10-12-17(35-4)13-11-16)20(26(33)34-3)15(2)28-27(30)36-23/h5-13,22H,1,14H2,2-4H3. The van der Waals surface area contributed by atoms with Gasteiger partial charge in [0.05, 0.1) is 35.7 Å². The summed E-state index contributed by atoms with van der Waals surface area (Å²) in [5, 5.41) is 0. The third kappa shape index (κ3) is 3.66. The number of anilines is 1. The zero-order valence-electron chi connectivity index (χ0n) is 20.0. The molecule has 2 aliphatic rings. The molecule has 1 atom stereocenters. The SMILES string of the molecule is C=CCN1C(=O)C(=c2sc3n(c2=O)C(c2ccc(SC)cc2)C(C(=O)OC)=C(C)N=3)c2ccccc21. The first-order chi connectivity index (χ1) is 17.4. The van der Waals surface area contributed by atoms with Gasteiger partial charge in [-0.15, -0.1) is 18.3 Å². The van der Waals surface area contributed by atoms with Gasteiger partial charge >= 0.3 is 5.97 Å². The van der Waals surface area contributed by atoms with Gasteiger partial charge in [-0.05, 0) is 36.9 Å². The van der Waals surface area contributed by atoms with Crippen LogP contribution in [-0.4, -0.2) is 36.4 Å². The predicted octanol–water partition coefficient (Wildman–Crippen LogP) is 3.03. The normalized spacial score (nSPS) is 18.0. The van der Waals surface area contributed by atoms with E-state index in [2.05, 4.69) is 11.6 Å². The van der Waals surface area contributed by atoms with Crippen LogP contribution in [0, 0.1) is 0 Å². The number of fused-ring (bicyclic) bond motifs is 2. The van der Waals surface area contributed by atoms with Crippen LogP contribution in [0.15, 0.2) is 87.1 Å². The molecule has 0 spiro atoms. The number of methoxy groups -OCH3 is 1. The lowest BCUT2D eigenvalue weighted by atomic mass is 9.96. The number of allylic oxidation sites excluding steroid dienone is 1. The summed E-state index contributed by atoms with van der Waals surface area (Å²) in [5.74, 6) is -0.807. The van der Waals surface area contributed by atoms with Crippen LogP contribution in [0.4, 0.5) is 5.69 Å². The summed E-state index contributed by atoms with van der Waals surface area (Å²) in [6, 6.07) is 14.4. The summed E-state index contributed by atoms with van der Waals surface area (Å²) in [6.45, 7) is 5.83. The van der Waals surface area contributed by atoms with Gasteiger partial charge in [0.15, 0.2) is 4.80 Å². The Labute approximate surface area is 215 Å². The predicted molar refractivity (Wildman–Crippen MR) is 142 cm³/mol. The third-order valence-electron chi connectivity index (χ3n) is 6.30. The van der Waals surface area contributed by atoms with Gasteiger partial charge in [0, 0.05) is 17.0 Å². The fourth-order valence-electron chi connectivity index (χ4n) is 4.65. The number of thiazole rings is 1. The molecule has 182 valence electrons. The highest BCUT2D eigenvalue weighted by atomic mass is 32.2. The van der Waals surface area contributed by atoms with Crippen molar-refractivity contribution in [3.63, 3.8) is 0 Å². The third-order valence-corrected chi connectivity index (χ3v) is 8.09. The molecule has 3 aromatic rings. The first kappa shape index (κ1) is 24.0. The average molecular weight is 518 g/mol. The van der Waals surface area contributed by atoms with Crippen molar-refractivity contribution in [1.82, 2.24) is 4.57 Å². The minimum absolute atomic E-state index is 0.258. The second-order valence-corrected chi connectivity index (χ2v) is 10.1. The van der Waals surface area contributed by atoms with Crippen molar-refractivity contribution in [3.05, 3.63) is 103 Å². The van der Waals surface area contributed by atoms with E-state index in [1.807, 2.05) is 54.8 Å². The van der Waals surface area contributed by atoms with E-state index in [1.165, 1.54) is 11.7 Å². The molecule has 7 nitrogen and oxygen atoms in total. The van der Waals surface area contributed by atoms with E-state index < -0.39 is 12.0 Å². The van der Waals surface area contributed by atoms with E-state index in [-0.39, 0.29) is 11.5 Å². The topological polar surface area (TPSA) is 81.0 Å². The maximum absolute atomic E-state index is 14.0. The number of esters is 1. The van der Waals surface area contributed by atoms with Crippen LogP contribution >= 0.6 is 23.1 Å². The van der Waals surface area contributed by atoms with Crippen LogP contribution in [0.3, 0.4) is 0 Å². The number of para-hydroxylation sites is 1. The Hall–Kier alpha value is -3.69. The largest absolute Gasteiger partial charge is 0.466 e. The molecule has 0 radical (unpaired) electrons. The molecule has 0 fully saturated rings. The fraction of sp³-hybridized carbons (Fsp3) is 0.185. The lowest BCUT2D eigenvalue weighted by Crippen LogP contribution is -2.40. The Bertz CT molecular complexity index is 1630. The number of rotatable bonds is 5. The van der Waals surface area contributed by atoms with Crippen molar-refractivity contribution in [1.29, 1.82) is 0 Å². The van der Waals surface area contributed by atoms with Crippen LogP contribution in [0.25, 0.3) is 5.57 Å². The van der Waals surface area contributed by atoms with Gasteiger partial charge in [-0.1, -0.05) is 47.7 Å². The second-order valence-electron chi connectivity index (χ2n) is 8.26. The van der Waals surface area contributed by atoms with Gasteiger partial charge in [0.25, 0.3) is 11.5 Å². The maximum atomic E-state index is 14.0. The van der Waals surface area contributed by atoms with E-state index >= 15 is 0 Å². The summed E-state index contributed by atoms with van der Waals surface area (Å²) in [4.78, 5) is 48.1. The monoisotopic (exact) mass is 517 g/mol. The molecule has 0 saturated heterocycles. The first-order valence-electron chi connectivity index (χ1n) is 11.2. The van der Waals surface area contributed by atoms with Crippen molar-refractivity contribution in [2.45, 2.75) is 17.9 Å². The number of nitrogens with zero attached hydrogens (tertiary/aromatic N) is 3. The summed E-state index contributed by atoms with van der Waals surface area (Å²) >= 11 is 2.76. The number of hydrogen-bond acceptors (Lipinski definition) is 7. The van der Waals surface area contributed by atoms with Gasteiger partial charge < -0.3 is 9.64 Å². The first-order valence-corrected chi connectivity index (χ1v) is 13.2. The minimum Gasteiger partial charge on any atom is -0.466 e. The van der Waals surface area contributed by atoms with Crippen molar-refractivity contribution >= 4 is 46.2 Å². The molecule has 2 aliphatic heterocycles. The number of carbonyl (C=O) groups is 2. The van der Waals surface area contributed by atoms with E-state index in [9.17, 15) is 14.4 Å². The zero-order chi connectivity index (χ0) is 25.6. The summed E-state index contributed by atoms with van der Waals surface area (Å²) in [6.07, 6.45) is 3.64. The van der Waals surface area contributed by atoms with Crippen LogP contribution in [-0.2, 0) is 14.3 Å². The molecule has 0 aliphatic carbocycles. The molecule has 1 aromatic heterocycles. The molecule has 0 N–H and O–H groups in total. The molecule has 0 bridgehead atoms. The number of carbonyl (C=O) groups excluding carboxylic acids is 2. The minimum atomic E-state index is -0.727. The van der Waals surface area contributed by atoms with Gasteiger partial charge in [0.1, 0.15) is 4.53 Å². The van der Waals surface area contributed by atoms with Crippen molar-refractivity contribution in [2.24, 2.45) is 4.99 Å². The molecule has 1 amide bonds. The molecular formula is C27H23N3O4S2. The van der Waals surface area contributed by atoms with Crippen LogP contribution in [0.2, 0.25) is 0 Å². The molecule has 0 saturated carbocycles. The van der Waals surface area contributed by atoms with Crippen molar-refractivity contribution in [2.75, 3.05) is 24.8 Å². The number of amides is 1. The fourth-order valence-corrected chi connectivity index (χ4v) is 6.20. The lowest BCUT2D eigenvalue weighted by Gasteiger charge is -2.24. The van der Waals surface area contributed by atoms with Crippen molar-refractivity contribution in [3.8, 4) is 0 Å². The van der Waals surface area contributed by atoms with Crippen LogP contribution in [0.1, 0.15) is 24.1 Å². The average Bonchev–Trinajstić information content (AvgIpc) is 3.35. The second kappa shape index (κ2) is 9.40. The Morgan fingerprint density at radius 3 is 2.58 bits per heavy atom. The van der Waals surface area contributed by atoms with E-state index in [1.54, 1.807) is 29.7 Å². The summed E-state index contributed by atoms with van der Waals surface area (Å²) in [7, 11) is 1.31. The van der Waals surface area contributed by atoms with E-state index in [4.69, 9.17) is 4.74 Å². The molecule has 36 heavy (non-hydrogen) atoms. The van der Waals surface area contributed by atoms with E-state index in [0.29, 0.717) is 38.3 Å². The number of benzene rings is 2. The summed E-state index contributed by atoms with van der Waals surface area (Å²) < 4.78 is 6.87.